The number of pyridine rings is 1. The summed E-state index contributed by atoms with van der Waals surface area (Å²) in [6, 6.07) is 32.2. The van der Waals surface area contributed by atoms with E-state index in [2.05, 4.69) is 4.98 Å². The molecule has 5 rings (SSSR count). The second kappa shape index (κ2) is 23.0. The summed E-state index contributed by atoms with van der Waals surface area (Å²) in [5.74, 6) is 2.96. The van der Waals surface area contributed by atoms with Gasteiger partial charge in [0.1, 0.15) is 36.2 Å². The fraction of sp³-hybridized carbons (Fsp3) is 0.311. The lowest BCUT2D eigenvalue weighted by Crippen LogP contribution is -2.31. The summed E-state index contributed by atoms with van der Waals surface area (Å²) in [6.07, 6.45) is 2.51. The van der Waals surface area contributed by atoms with Crippen molar-refractivity contribution in [3.05, 3.63) is 149 Å². The van der Waals surface area contributed by atoms with Gasteiger partial charge in [-0.1, -0.05) is 48.5 Å². The molecular formula is C45H51N3O10. The van der Waals surface area contributed by atoms with Gasteiger partial charge in [0, 0.05) is 38.6 Å². The molecule has 0 aliphatic heterocycles. The van der Waals surface area contributed by atoms with Crippen LogP contribution in [0.5, 0.6) is 23.0 Å². The number of carbonyl (C=O) groups excluding carboxylic acids is 2. The maximum Gasteiger partial charge on any atom is 0.410 e. The normalized spacial score (nSPS) is 10.7. The van der Waals surface area contributed by atoms with Crippen molar-refractivity contribution in [2.75, 3.05) is 54.9 Å². The highest BCUT2D eigenvalue weighted by atomic mass is 16.6. The van der Waals surface area contributed by atoms with Crippen molar-refractivity contribution in [3.8, 4) is 23.0 Å². The molecule has 5 aromatic rings. The zero-order valence-corrected chi connectivity index (χ0v) is 33.5. The molecule has 2 amide bonds. The van der Waals surface area contributed by atoms with E-state index in [1.54, 1.807) is 50.6 Å². The summed E-state index contributed by atoms with van der Waals surface area (Å²) in [7, 11) is 6.45. The van der Waals surface area contributed by atoms with Gasteiger partial charge in [-0.3, -0.25) is 14.8 Å². The summed E-state index contributed by atoms with van der Waals surface area (Å²) in [5.41, 5.74) is 5.43. The molecule has 13 heteroatoms. The molecule has 58 heavy (non-hydrogen) atoms. The number of amides is 2. The van der Waals surface area contributed by atoms with E-state index in [1.807, 2.05) is 103 Å². The number of ether oxygens (including phenoxy) is 8. The molecule has 0 fully saturated rings. The minimum Gasteiger partial charge on any atom is -0.497 e. The molecule has 4 aromatic carbocycles. The van der Waals surface area contributed by atoms with Crippen LogP contribution in [0.3, 0.4) is 0 Å². The van der Waals surface area contributed by atoms with E-state index in [0.29, 0.717) is 26.2 Å². The Labute approximate surface area is 339 Å². The molecule has 0 aliphatic rings. The van der Waals surface area contributed by atoms with E-state index >= 15 is 0 Å². The summed E-state index contributed by atoms with van der Waals surface area (Å²) in [4.78, 5) is 34.0. The first-order chi connectivity index (χ1) is 28.3. The van der Waals surface area contributed by atoms with Gasteiger partial charge >= 0.3 is 12.2 Å². The van der Waals surface area contributed by atoms with Crippen LogP contribution in [0.25, 0.3) is 0 Å². The number of aromatic nitrogens is 1. The Morgan fingerprint density at radius 1 is 0.431 bits per heavy atom. The van der Waals surface area contributed by atoms with E-state index in [4.69, 9.17) is 37.9 Å². The van der Waals surface area contributed by atoms with Gasteiger partial charge in [0.2, 0.25) is 0 Å². The summed E-state index contributed by atoms with van der Waals surface area (Å²) >= 11 is 0. The zero-order valence-electron chi connectivity index (χ0n) is 33.5. The molecule has 0 atom stereocenters. The third-order valence-corrected chi connectivity index (χ3v) is 8.94. The number of carbonyl (C=O) groups is 2. The molecule has 0 spiro atoms. The lowest BCUT2D eigenvalue weighted by atomic mass is 10.1. The van der Waals surface area contributed by atoms with Gasteiger partial charge in [0.15, 0.2) is 0 Å². The smallest absolute Gasteiger partial charge is 0.410 e. The van der Waals surface area contributed by atoms with E-state index in [9.17, 15) is 9.59 Å². The number of methoxy groups -OCH3 is 4. The molecule has 0 saturated carbocycles. The van der Waals surface area contributed by atoms with Crippen LogP contribution in [0.2, 0.25) is 0 Å². The number of rotatable bonds is 22. The van der Waals surface area contributed by atoms with Gasteiger partial charge in [-0.05, 0) is 88.0 Å². The molecule has 0 aliphatic carbocycles. The van der Waals surface area contributed by atoms with Crippen LogP contribution in [0.15, 0.2) is 116 Å². The van der Waals surface area contributed by atoms with Crippen molar-refractivity contribution >= 4 is 12.2 Å². The molecule has 13 nitrogen and oxygen atoms in total. The van der Waals surface area contributed by atoms with Crippen LogP contribution in [-0.4, -0.2) is 81.8 Å². The topological polar surface area (TPSA) is 127 Å². The number of nitrogens with zero attached hydrogens (tertiary/aromatic N) is 3. The average molecular weight is 794 g/mol. The van der Waals surface area contributed by atoms with Crippen LogP contribution < -0.4 is 18.9 Å². The highest BCUT2D eigenvalue weighted by Gasteiger charge is 2.18. The van der Waals surface area contributed by atoms with Gasteiger partial charge in [-0.2, -0.15) is 0 Å². The molecule has 0 unspecified atom stereocenters. The fourth-order valence-electron chi connectivity index (χ4n) is 5.81. The van der Waals surface area contributed by atoms with Crippen molar-refractivity contribution in [1.29, 1.82) is 0 Å². The van der Waals surface area contributed by atoms with Crippen molar-refractivity contribution in [2.45, 2.75) is 39.4 Å². The zero-order chi connectivity index (χ0) is 41.0. The molecule has 306 valence electrons. The highest BCUT2D eigenvalue weighted by Crippen LogP contribution is 2.20. The number of hydrogen-bond acceptors (Lipinski definition) is 11. The average Bonchev–Trinajstić information content (AvgIpc) is 3.26. The SMILES string of the molecule is COc1ccc(CN(Cc2ccc(OC)cc2)C(=O)OCCOCc2cncc(COCCOC(=O)N(Cc3ccc(OC)cc3)Cc3ccc(OC)cc3)c2)cc1. The fourth-order valence-corrected chi connectivity index (χ4v) is 5.81. The molecule has 0 saturated heterocycles. The van der Waals surface area contributed by atoms with Crippen LogP contribution in [-0.2, 0) is 58.3 Å². The van der Waals surface area contributed by atoms with Crippen molar-refractivity contribution in [2.24, 2.45) is 0 Å². The van der Waals surface area contributed by atoms with Crippen LogP contribution in [0, 0.1) is 0 Å². The minimum absolute atomic E-state index is 0.0765. The van der Waals surface area contributed by atoms with Gasteiger partial charge in [-0.25, -0.2) is 9.59 Å². The number of benzene rings is 4. The minimum atomic E-state index is -0.455. The first-order valence-electron chi connectivity index (χ1n) is 18.8. The third kappa shape index (κ3) is 14.0. The Bertz CT molecular complexity index is 1740. The summed E-state index contributed by atoms with van der Waals surface area (Å²) in [6.45, 7) is 2.51. The second-order valence-electron chi connectivity index (χ2n) is 13.1. The lowest BCUT2D eigenvalue weighted by molar-refractivity contribution is 0.0451. The summed E-state index contributed by atoms with van der Waals surface area (Å²) < 4.78 is 43.9. The van der Waals surface area contributed by atoms with Crippen molar-refractivity contribution < 1.29 is 47.5 Å². The monoisotopic (exact) mass is 793 g/mol. The van der Waals surface area contributed by atoms with E-state index in [-0.39, 0.29) is 39.6 Å². The maximum absolute atomic E-state index is 13.2. The van der Waals surface area contributed by atoms with Crippen LogP contribution >= 0.6 is 0 Å². The van der Waals surface area contributed by atoms with Crippen LogP contribution in [0.4, 0.5) is 9.59 Å². The molecule has 0 radical (unpaired) electrons. The van der Waals surface area contributed by atoms with Gasteiger partial charge < -0.3 is 37.9 Å². The van der Waals surface area contributed by atoms with Gasteiger partial charge in [-0.15, -0.1) is 0 Å². The van der Waals surface area contributed by atoms with Crippen LogP contribution in [0.1, 0.15) is 33.4 Å². The Balaban J connectivity index is 1.04. The Hall–Kier alpha value is -6.31. The Kier molecular flexibility index (Phi) is 17.0. The van der Waals surface area contributed by atoms with E-state index < -0.39 is 12.2 Å². The van der Waals surface area contributed by atoms with Crippen molar-refractivity contribution in [1.82, 2.24) is 14.8 Å². The predicted molar refractivity (Wildman–Crippen MR) is 217 cm³/mol. The first kappa shape index (κ1) is 42.8. The Morgan fingerprint density at radius 2 is 0.724 bits per heavy atom. The molecule has 0 bridgehead atoms. The molecule has 1 heterocycles. The first-order valence-corrected chi connectivity index (χ1v) is 18.8. The quantitative estimate of drug-likeness (QED) is 0.0637. The second-order valence-corrected chi connectivity index (χ2v) is 13.1. The van der Waals surface area contributed by atoms with Gasteiger partial charge in [0.05, 0.1) is 54.9 Å². The van der Waals surface area contributed by atoms with E-state index in [0.717, 1.165) is 56.4 Å². The molecular weight excluding hydrogens is 743 g/mol. The largest absolute Gasteiger partial charge is 0.497 e. The molecule has 0 N–H and O–H groups in total. The Morgan fingerprint density at radius 3 is 1.00 bits per heavy atom. The third-order valence-electron chi connectivity index (χ3n) is 8.94. The standard InChI is InChI=1S/C45H51N3O10/c1-51-40-13-5-34(6-14-40)28-47(29-35-7-15-41(52-2)16-8-35)44(49)57-23-21-55-32-38-25-39(27-46-26-38)33-56-22-24-58-45(50)48(30-36-9-17-42(53-3)18-10-36)31-37-11-19-43(54-4)20-12-37/h5-20,25-27H,21-24,28-33H2,1-4H3. The van der Waals surface area contributed by atoms with E-state index in [1.165, 1.54) is 0 Å². The summed E-state index contributed by atoms with van der Waals surface area (Å²) in [5, 5.41) is 0. The molecule has 1 aromatic heterocycles. The lowest BCUT2D eigenvalue weighted by Gasteiger charge is -2.23. The van der Waals surface area contributed by atoms with Crippen molar-refractivity contribution in [3.63, 3.8) is 0 Å². The highest BCUT2D eigenvalue weighted by molar-refractivity contribution is 5.68. The predicted octanol–water partition coefficient (Wildman–Crippen LogP) is 7.83. The van der Waals surface area contributed by atoms with Gasteiger partial charge in [0.25, 0.3) is 0 Å². The maximum atomic E-state index is 13.2. The number of hydrogen-bond donors (Lipinski definition) is 0.